The van der Waals surface area contributed by atoms with E-state index in [0.29, 0.717) is 10.8 Å². The van der Waals surface area contributed by atoms with E-state index in [4.69, 9.17) is 4.74 Å². The molecule has 0 N–H and O–H groups in total. The van der Waals surface area contributed by atoms with Crippen molar-refractivity contribution in [3.8, 4) is 0 Å². The van der Waals surface area contributed by atoms with Gasteiger partial charge in [0.2, 0.25) is 0 Å². The summed E-state index contributed by atoms with van der Waals surface area (Å²) in [6.45, 7) is 8.44. The van der Waals surface area contributed by atoms with Crippen LogP contribution in [0.5, 0.6) is 0 Å². The molecule has 26 heavy (non-hydrogen) atoms. The molecule has 5 heteroatoms. The van der Waals surface area contributed by atoms with Crippen molar-refractivity contribution in [3.05, 3.63) is 29.8 Å². The first-order chi connectivity index (χ1) is 12.3. The topological polar surface area (TPSA) is 60.4 Å². The lowest BCUT2D eigenvalue weighted by atomic mass is 9.85. The van der Waals surface area contributed by atoms with Gasteiger partial charge in [-0.15, -0.1) is 0 Å². The molecule has 0 amide bonds. The Morgan fingerprint density at radius 3 is 2.35 bits per heavy atom. The Morgan fingerprint density at radius 2 is 1.81 bits per heavy atom. The molecule has 2 rings (SSSR count). The van der Waals surface area contributed by atoms with E-state index in [1.54, 1.807) is 12.1 Å². The van der Waals surface area contributed by atoms with Crippen molar-refractivity contribution in [1.29, 1.82) is 0 Å². The van der Waals surface area contributed by atoms with Crippen LogP contribution in [-0.2, 0) is 25.8 Å². The third kappa shape index (κ3) is 4.95. The fourth-order valence-electron chi connectivity index (χ4n) is 3.76. The molecule has 1 aliphatic rings. The summed E-state index contributed by atoms with van der Waals surface area (Å²) in [6.07, 6.45) is 3.69. The highest BCUT2D eigenvalue weighted by molar-refractivity contribution is 7.91. The molecule has 0 saturated carbocycles. The van der Waals surface area contributed by atoms with E-state index in [2.05, 4.69) is 20.8 Å². The van der Waals surface area contributed by atoms with E-state index < -0.39 is 9.84 Å². The number of carbonyl (C=O) groups is 1. The van der Waals surface area contributed by atoms with Crippen LogP contribution < -0.4 is 0 Å². The van der Waals surface area contributed by atoms with Gasteiger partial charge in [-0.25, -0.2) is 8.42 Å². The number of hydrogen-bond acceptors (Lipinski definition) is 4. The molecule has 5 atom stereocenters. The lowest BCUT2D eigenvalue weighted by molar-refractivity contribution is -0.110. The quantitative estimate of drug-likeness (QED) is 0.606. The summed E-state index contributed by atoms with van der Waals surface area (Å²) < 4.78 is 32.0. The molecule has 0 bridgehead atoms. The third-order valence-corrected chi connectivity index (χ3v) is 7.67. The van der Waals surface area contributed by atoms with E-state index in [1.165, 1.54) is 0 Å². The van der Waals surface area contributed by atoms with Gasteiger partial charge in [-0.2, -0.15) is 0 Å². The van der Waals surface area contributed by atoms with Gasteiger partial charge in [-0.3, -0.25) is 0 Å². The average Bonchev–Trinajstić information content (AvgIpc) is 2.90. The van der Waals surface area contributed by atoms with Crippen molar-refractivity contribution < 1.29 is 17.9 Å². The number of sulfone groups is 1. The predicted octanol–water partition coefficient (Wildman–Crippen LogP) is 4.07. The van der Waals surface area contributed by atoms with Gasteiger partial charge in [0.05, 0.1) is 22.9 Å². The van der Waals surface area contributed by atoms with Gasteiger partial charge in [0.1, 0.15) is 6.29 Å². The van der Waals surface area contributed by atoms with E-state index in [1.807, 2.05) is 19.1 Å². The number of aldehydes is 1. The van der Waals surface area contributed by atoms with Gasteiger partial charge in [0.25, 0.3) is 0 Å². The van der Waals surface area contributed by atoms with Crippen molar-refractivity contribution in [3.63, 3.8) is 0 Å². The lowest BCUT2D eigenvalue weighted by Crippen LogP contribution is -2.28. The van der Waals surface area contributed by atoms with E-state index in [-0.39, 0.29) is 36.2 Å². The zero-order valence-electron chi connectivity index (χ0n) is 16.4. The predicted molar refractivity (Wildman–Crippen MR) is 104 cm³/mol. The fraction of sp³-hybridized carbons (Fsp3) is 0.667. The van der Waals surface area contributed by atoms with E-state index in [0.717, 1.165) is 31.1 Å². The molecule has 0 spiro atoms. The SMILES string of the molecule is CCc1ccc(S(=O)(=O)C[C@@H]2[C@@H](C)[C@@H](C[C@H](C)CC)O[C@H]2CC=O)cc1. The van der Waals surface area contributed by atoms with Gasteiger partial charge < -0.3 is 9.53 Å². The molecular formula is C21H32O4S. The fourth-order valence-corrected chi connectivity index (χ4v) is 5.53. The molecule has 0 aliphatic carbocycles. The molecule has 0 aromatic heterocycles. The van der Waals surface area contributed by atoms with Crippen molar-refractivity contribution in [2.75, 3.05) is 5.75 Å². The second-order valence-electron chi connectivity index (χ2n) is 7.67. The average molecular weight is 381 g/mol. The molecule has 0 unspecified atom stereocenters. The zero-order chi connectivity index (χ0) is 19.3. The van der Waals surface area contributed by atoms with Crippen LogP contribution in [0.1, 0.15) is 52.5 Å². The number of carbonyl (C=O) groups excluding carboxylic acids is 1. The second-order valence-corrected chi connectivity index (χ2v) is 9.70. The summed E-state index contributed by atoms with van der Waals surface area (Å²) in [5.41, 5.74) is 1.12. The zero-order valence-corrected chi connectivity index (χ0v) is 17.2. The maximum atomic E-state index is 12.9. The summed E-state index contributed by atoms with van der Waals surface area (Å²) >= 11 is 0. The van der Waals surface area contributed by atoms with Gasteiger partial charge in [-0.05, 0) is 42.4 Å². The number of aryl methyl sites for hydroxylation is 1. The highest BCUT2D eigenvalue weighted by atomic mass is 32.2. The van der Waals surface area contributed by atoms with Gasteiger partial charge in [0, 0.05) is 12.3 Å². The second kappa shape index (κ2) is 9.14. The molecule has 1 aromatic rings. The van der Waals surface area contributed by atoms with Crippen molar-refractivity contribution in [2.24, 2.45) is 17.8 Å². The van der Waals surface area contributed by atoms with Crippen LogP contribution in [-0.4, -0.2) is 32.7 Å². The van der Waals surface area contributed by atoms with Crippen LogP contribution in [0.25, 0.3) is 0 Å². The molecule has 1 fully saturated rings. The first-order valence-electron chi connectivity index (χ1n) is 9.73. The molecule has 1 saturated heterocycles. The molecule has 0 radical (unpaired) electrons. The Morgan fingerprint density at radius 1 is 1.15 bits per heavy atom. The molecule has 1 aliphatic heterocycles. The molecular weight excluding hydrogens is 348 g/mol. The Bertz CT molecular complexity index is 680. The molecule has 4 nitrogen and oxygen atoms in total. The summed E-state index contributed by atoms with van der Waals surface area (Å²) in [5, 5.41) is 0. The van der Waals surface area contributed by atoms with Crippen LogP contribution in [0.15, 0.2) is 29.2 Å². The molecule has 146 valence electrons. The van der Waals surface area contributed by atoms with E-state index in [9.17, 15) is 13.2 Å². The highest BCUT2D eigenvalue weighted by Gasteiger charge is 2.43. The maximum absolute atomic E-state index is 12.9. The van der Waals surface area contributed by atoms with Gasteiger partial charge in [-0.1, -0.05) is 46.2 Å². The number of benzene rings is 1. The number of hydrogen-bond donors (Lipinski definition) is 0. The summed E-state index contributed by atoms with van der Waals surface area (Å²) in [6, 6.07) is 7.13. The Hall–Kier alpha value is -1.20. The summed E-state index contributed by atoms with van der Waals surface area (Å²) in [5.74, 6) is 0.537. The minimum atomic E-state index is -3.41. The standard InChI is InChI=1S/C21H32O4S/c1-5-15(3)13-21-16(4)19(20(25-21)11-12-22)14-26(23,24)18-9-7-17(6-2)8-10-18/h7-10,12,15-16,19-21H,5-6,11,13-14H2,1-4H3/t15-,16-,19-,20+,21-/m1/s1. The maximum Gasteiger partial charge on any atom is 0.178 e. The Kier molecular flexibility index (Phi) is 7.42. The monoisotopic (exact) mass is 380 g/mol. The van der Waals surface area contributed by atoms with Crippen molar-refractivity contribution in [2.45, 2.75) is 70.5 Å². The first-order valence-corrected chi connectivity index (χ1v) is 11.4. The van der Waals surface area contributed by atoms with E-state index >= 15 is 0 Å². The van der Waals surface area contributed by atoms with Gasteiger partial charge >= 0.3 is 0 Å². The normalized spacial score (nSPS) is 27.4. The molecule has 1 aromatic carbocycles. The van der Waals surface area contributed by atoms with Crippen molar-refractivity contribution >= 4 is 16.1 Å². The lowest BCUT2D eigenvalue weighted by Gasteiger charge is -2.21. The Labute approximate surface area is 158 Å². The largest absolute Gasteiger partial charge is 0.374 e. The summed E-state index contributed by atoms with van der Waals surface area (Å²) in [4.78, 5) is 11.4. The summed E-state index contributed by atoms with van der Waals surface area (Å²) in [7, 11) is -3.41. The van der Waals surface area contributed by atoms with Crippen LogP contribution in [0, 0.1) is 17.8 Å². The highest BCUT2D eigenvalue weighted by Crippen LogP contribution is 2.38. The van der Waals surface area contributed by atoms with Crippen molar-refractivity contribution in [1.82, 2.24) is 0 Å². The third-order valence-electron chi connectivity index (χ3n) is 5.85. The molecule has 1 heterocycles. The minimum absolute atomic E-state index is 0.0255. The smallest absolute Gasteiger partial charge is 0.178 e. The number of rotatable bonds is 9. The van der Waals surface area contributed by atoms with Crippen LogP contribution in [0.3, 0.4) is 0 Å². The van der Waals surface area contributed by atoms with Crippen LogP contribution in [0.2, 0.25) is 0 Å². The first kappa shape index (κ1) is 21.1. The van der Waals surface area contributed by atoms with Gasteiger partial charge in [0.15, 0.2) is 9.84 Å². The number of ether oxygens (including phenoxy) is 1. The van der Waals surface area contributed by atoms with Crippen LogP contribution in [0.4, 0.5) is 0 Å². The Balaban J connectivity index is 2.18. The van der Waals surface area contributed by atoms with Crippen LogP contribution >= 0.6 is 0 Å². The minimum Gasteiger partial charge on any atom is -0.374 e.